The van der Waals surface area contributed by atoms with Crippen molar-refractivity contribution in [2.45, 2.75) is 44.6 Å². The molecule has 1 aromatic carbocycles. The molecular weight excluding hydrogens is 300 g/mol. The van der Waals surface area contributed by atoms with E-state index in [9.17, 15) is 4.79 Å². The van der Waals surface area contributed by atoms with Gasteiger partial charge in [0, 0.05) is 30.3 Å². The van der Waals surface area contributed by atoms with Gasteiger partial charge in [0.15, 0.2) is 6.10 Å². The number of aromatic nitrogens is 1. The molecule has 4 rings (SSSR count). The Balaban J connectivity index is 1.40. The fourth-order valence-electron chi connectivity index (χ4n) is 3.38. The highest BCUT2D eigenvalue weighted by Gasteiger charge is 2.46. The van der Waals surface area contributed by atoms with Crippen LogP contribution in [0.25, 0.3) is 0 Å². The first-order valence-corrected chi connectivity index (χ1v) is 8.53. The quantitative estimate of drug-likeness (QED) is 0.942. The number of carbonyl (C=O) groups excluding carboxylic acids is 1. The van der Waals surface area contributed by atoms with Crippen LogP contribution in [-0.4, -0.2) is 23.5 Å². The van der Waals surface area contributed by atoms with Gasteiger partial charge in [-0.15, -0.1) is 0 Å². The Morgan fingerprint density at radius 1 is 1.29 bits per heavy atom. The molecule has 0 radical (unpaired) electrons. The summed E-state index contributed by atoms with van der Waals surface area (Å²) >= 11 is 0. The molecule has 1 unspecified atom stereocenters. The normalized spacial score (nSPS) is 20.2. The van der Waals surface area contributed by atoms with Crippen LogP contribution in [0.5, 0.6) is 5.75 Å². The zero-order valence-corrected chi connectivity index (χ0v) is 14.1. The maximum atomic E-state index is 12.5. The lowest BCUT2D eigenvalue weighted by atomic mass is 10.0. The Kier molecular flexibility index (Phi) is 3.56. The van der Waals surface area contributed by atoms with E-state index in [0.29, 0.717) is 13.0 Å². The summed E-state index contributed by atoms with van der Waals surface area (Å²) in [5.74, 6) is 0.827. The third kappa shape index (κ3) is 2.66. The van der Waals surface area contributed by atoms with E-state index in [1.807, 2.05) is 30.5 Å². The molecule has 1 atom stereocenters. The zero-order valence-electron chi connectivity index (χ0n) is 14.1. The van der Waals surface area contributed by atoms with Crippen LogP contribution in [0.15, 0.2) is 36.5 Å². The van der Waals surface area contributed by atoms with Gasteiger partial charge in [0.25, 0.3) is 5.91 Å². The van der Waals surface area contributed by atoms with Gasteiger partial charge in [-0.05, 0) is 61.6 Å². The van der Waals surface area contributed by atoms with E-state index >= 15 is 0 Å². The van der Waals surface area contributed by atoms with Gasteiger partial charge >= 0.3 is 0 Å². The van der Waals surface area contributed by atoms with E-state index in [1.165, 1.54) is 11.1 Å². The van der Waals surface area contributed by atoms with Crippen LogP contribution >= 0.6 is 0 Å². The second kappa shape index (κ2) is 5.62. The minimum Gasteiger partial charge on any atom is -0.480 e. The summed E-state index contributed by atoms with van der Waals surface area (Å²) in [5.41, 5.74) is 4.67. The minimum atomic E-state index is -0.416. The fraction of sp³-hybridized carbons (Fsp3) is 0.400. The first-order valence-electron chi connectivity index (χ1n) is 8.53. The predicted molar refractivity (Wildman–Crippen MR) is 92.2 cm³/mol. The van der Waals surface area contributed by atoms with Crippen LogP contribution in [-0.2, 0) is 16.6 Å². The third-order valence-electron chi connectivity index (χ3n) is 5.31. The van der Waals surface area contributed by atoms with E-state index in [4.69, 9.17) is 4.74 Å². The van der Waals surface area contributed by atoms with Gasteiger partial charge in [-0.2, -0.15) is 0 Å². The van der Waals surface area contributed by atoms with Crippen LogP contribution in [0.3, 0.4) is 0 Å². The zero-order chi connectivity index (χ0) is 16.7. The molecule has 1 N–H and O–H groups in total. The number of aryl methyl sites for hydroxylation is 2. The number of pyridine rings is 1. The number of fused-ring (bicyclic) bond motifs is 1. The van der Waals surface area contributed by atoms with Crippen molar-refractivity contribution < 1.29 is 9.53 Å². The molecule has 2 aromatic rings. The van der Waals surface area contributed by atoms with Crippen molar-refractivity contribution in [2.75, 3.05) is 6.54 Å². The molecule has 24 heavy (non-hydrogen) atoms. The maximum absolute atomic E-state index is 12.5. The van der Waals surface area contributed by atoms with Gasteiger partial charge in [-0.3, -0.25) is 9.78 Å². The molecule has 0 bridgehead atoms. The molecule has 1 fully saturated rings. The monoisotopic (exact) mass is 322 g/mol. The number of ether oxygens (including phenoxy) is 1. The molecule has 0 saturated heterocycles. The number of amides is 1. The van der Waals surface area contributed by atoms with Gasteiger partial charge < -0.3 is 10.1 Å². The van der Waals surface area contributed by atoms with E-state index < -0.39 is 6.10 Å². The second-order valence-electron chi connectivity index (χ2n) is 7.07. The molecule has 2 aliphatic rings. The van der Waals surface area contributed by atoms with Crippen LogP contribution in [0, 0.1) is 13.8 Å². The first kappa shape index (κ1) is 15.2. The molecule has 4 nitrogen and oxygen atoms in total. The smallest absolute Gasteiger partial charge is 0.261 e. The van der Waals surface area contributed by atoms with E-state index in [0.717, 1.165) is 29.8 Å². The molecule has 1 saturated carbocycles. The van der Waals surface area contributed by atoms with Crippen molar-refractivity contribution in [1.82, 2.24) is 10.3 Å². The first-order chi connectivity index (χ1) is 11.6. The number of nitrogens with zero attached hydrogens (tertiary/aromatic N) is 1. The van der Waals surface area contributed by atoms with Gasteiger partial charge in [0.05, 0.1) is 0 Å². The van der Waals surface area contributed by atoms with E-state index in [-0.39, 0.29) is 11.3 Å². The summed E-state index contributed by atoms with van der Waals surface area (Å²) in [6.45, 7) is 4.79. The Labute approximate surface area is 142 Å². The lowest BCUT2D eigenvalue weighted by molar-refractivity contribution is -0.127. The SMILES string of the molecule is Cc1cc2c(cc1C)OC(C(=O)NCC1(c3ccccn3)CC1)C2. The standard InChI is InChI=1S/C20H22N2O2/c1-13-9-15-11-17(24-16(15)10-14(13)2)19(23)22-12-20(6-7-20)18-5-3-4-8-21-18/h3-5,8-10,17H,6-7,11-12H2,1-2H3,(H,22,23). The van der Waals surface area contributed by atoms with Crippen LogP contribution < -0.4 is 10.1 Å². The van der Waals surface area contributed by atoms with Crippen molar-refractivity contribution in [2.24, 2.45) is 0 Å². The molecule has 1 amide bonds. The fourth-order valence-corrected chi connectivity index (χ4v) is 3.38. The summed E-state index contributed by atoms with van der Waals surface area (Å²) in [7, 11) is 0. The topological polar surface area (TPSA) is 51.2 Å². The summed E-state index contributed by atoms with van der Waals surface area (Å²) in [4.78, 5) is 17.0. The summed E-state index contributed by atoms with van der Waals surface area (Å²) < 4.78 is 5.87. The number of benzene rings is 1. The average molecular weight is 322 g/mol. The van der Waals surface area contributed by atoms with Crippen molar-refractivity contribution in [3.8, 4) is 5.75 Å². The minimum absolute atomic E-state index is 0.0234. The average Bonchev–Trinajstić information content (AvgIpc) is 3.28. The Bertz CT molecular complexity index is 751. The predicted octanol–water partition coefficient (Wildman–Crippen LogP) is 2.85. The summed E-state index contributed by atoms with van der Waals surface area (Å²) in [5, 5.41) is 3.09. The second-order valence-corrected chi connectivity index (χ2v) is 7.07. The Hall–Kier alpha value is -2.36. The highest BCUT2D eigenvalue weighted by atomic mass is 16.5. The third-order valence-corrected chi connectivity index (χ3v) is 5.31. The maximum Gasteiger partial charge on any atom is 0.261 e. The number of hydrogen-bond acceptors (Lipinski definition) is 3. The van der Waals surface area contributed by atoms with Crippen molar-refractivity contribution in [1.29, 1.82) is 0 Å². The van der Waals surface area contributed by atoms with E-state index in [2.05, 4.69) is 30.2 Å². The lowest BCUT2D eigenvalue weighted by Gasteiger charge is -2.17. The Morgan fingerprint density at radius 3 is 2.79 bits per heavy atom. The molecule has 1 aromatic heterocycles. The Morgan fingerprint density at radius 2 is 2.08 bits per heavy atom. The molecule has 1 aliphatic carbocycles. The number of hydrogen-bond donors (Lipinski definition) is 1. The highest BCUT2D eigenvalue weighted by molar-refractivity contribution is 5.82. The molecule has 4 heteroatoms. The molecule has 2 heterocycles. The van der Waals surface area contributed by atoms with E-state index in [1.54, 1.807) is 0 Å². The highest BCUT2D eigenvalue weighted by Crippen LogP contribution is 2.46. The number of carbonyl (C=O) groups is 1. The molecule has 1 aliphatic heterocycles. The number of nitrogens with one attached hydrogen (secondary N) is 1. The van der Waals surface area contributed by atoms with Gasteiger partial charge in [-0.1, -0.05) is 12.1 Å². The number of rotatable bonds is 4. The van der Waals surface area contributed by atoms with Crippen molar-refractivity contribution >= 4 is 5.91 Å². The largest absolute Gasteiger partial charge is 0.480 e. The van der Waals surface area contributed by atoms with Crippen molar-refractivity contribution in [3.05, 3.63) is 58.9 Å². The van der Waals surface area contributed by atoms with Gasteiger partial charge in [-0.25, -0.2) is 0 Å². The molecule has 0 spiro atoms. The summed E-state index contributed by atoms with van der Waals surface area (Å²) in [6, 6.07) is 10.1. The molecule has 124 valence electrons. The molecular formula is C20H22N2O2. The van der Waals surface area contributed by atoms with Gasteiger partial charge in [0.2, 0.25) is 0 Å². The van der Waals surface area contributed by atoms with Crippen LogP contribution in [0.2, 0.25) is 0 Å². The van der Waals surface area contributed by atoms with Crippen LogP contribution in [0.1, 0.15) is 35.2 Å². The van der Waals surface area contributed by atoms with Gasteiger partial charge in [0.1, 0.15) is 5.75 Å². The summed E-state index contributed by atoms with van der Waals surface area (Å²) in [6.07, 6.45) is 4.21. The lowest BCUT2D eigenvalue weighted by Crippen LogP contribution is -2.41. The van der Waals surface area contributed by atoms with Crippen molar-refractivity contribution in [3.63, 3.8) is 0 Å². The van der Waals surface area contributed by atoms with Crippen LogP contribution in [0.4, 0.5) is 0 Å².